The summed E-state index contributed by atoms with van der Waals surface area (Å²) < 4.78 is 9.26. The predicted molar refractivity (Wildman–Crippen MR) is 33.3 cm³/mol. The molecule has 10 heavy (non-hydrogen) atoms. The number of methoxy groups -OCH3 is 1. The van der Waals surface area contributed by atoms with Gasteiger partial charge in [0.2, 0.25) is 0 Å². The van der Waals surface area contributed by atoms with Gasteiger partial charge < -0.3 is 9.26 Å². The molecule has 0 amide bonds. The smallest absolute Gasteiger partial charge is 0.316 e. The normalized spacial score (nSPS) is 10.1. The van der Waals surface area contributed by atoms with Crippen molar-refractivity contribution in [3.8, 4) is 0 Å². The summed E-state index contributed by atoms with van der Waals surface area (Å²) in [6.07, 6.45) is 3.99. The van der Waals surface area contributed by atoms with Crippen LogP contribution in [0.15, 0.2) is 4.52 Å². The molecule has 0 saturated carbocycles. The van der Waals surface area contributed by atoms with Gasteiger partial charge in [0.05, 0.1) is 0 Å². The Hall–Kier alpha value is -0.900. The summed E-state index contributed by atoms with van der Waals surface area (Å²) in [5.41, 5.74) is 0. The van der Waals surface area contributed by atoms with E-state index in [9.17, 15) is 0 Å². The third-order valence-electron chi connectivity index (χ3n) is 1.12. The van der Waals surface area contributed by atoms with Gasteiger partial charge in [-0.1, -0.05) is 5.16 Å². The molecule has 55 valence electrons. The molecule has 0 aliphatic carbocycles. The number of aryl methyl sites for hydroxylation is 1. The minimum Gasteiger partial charge on any atom is -0.385 e. The van der Waals surface area contributed by atoms with E-state index >= 15 is 0 Å². The minimum absolute atomic E-state index is 0.692. The first-order valence-corrected chi connectivity index (χ1v) is 3.11. The second-order valence-corrected chi connectivity index (χ2v) is 1.90. The van der Waals surface area contributed by atoms with E-state index < -0.39 is 0 Å². The largest absolute Gasteiger partial charge is 0.385 e. The number of rotatable bonds is 4. The highest BCUT2D eigenvalue weighted by atomic mass is 16.5. The summed E-state index contributed by atoms with van der Waals surface area (Å²) in [6, 6.07) is 0. The van der Waals surface area contributed by atoms with Gasteiger partial charge in [0.1, 0.15) is 0 Å². The molecular weight excluding hydrogens is 132 g/mol. The van der Waals surface area contributed by atoms with Crippen LogP contribution >= 0.6 is 0 Å². The fourth-order valence-electron chi connectivity index (χ4n) is 0.643. The molecule has 1 radical (unpaired) electrons. The maximum Gasteiger partial charge on any atom is 0.316 e. The second-order valence-electron chi connectivity index (χ2n) is 1.90. The molecule has 1 aromatic heterocycles. The van der Waals surface area contributed by atoms with Gasteiger partial charge in [-0.05, 0) is 6.42 Å². The Labute approximate surface area is 59.2 Å². The van der Waals surface area contributed by atoms with Crippen molar-refractivity contribution in [3.05, 3.63) is 12.2 Å². The fraction of sp³-hybridized carbons (Fsp3) is 0.667. The van der Waals surface area contributed by atoms with Gasteiger partial charge in [-0.25, -0.2) is 0 Å². The van der Waals surface area contributed by atoms with Crippen molar-refractivity contribution in [1.29, 1.82) is 0 Å². The predicted octanol–water partition coefficient (Wildman–Crippen LogP) is 0.449. The van der Waals surface area contributed by atoms with E-state index in [-0.39, 0.29) is 0 Å². The molecular formula is C6H9N2O2. The van der Waals surface area contributed by atoms with E-state index in [2.05, 4.69) is 21.1 Å². The Balaban J connectivity index is 2.15. The Morgan fingerprint density at radius 2 is 2.60 bits per heavy atom. The lowest BCUT2D eigenvalue weighted by molar-refractivity contribution is 0.194. The second kappa shape index (κ2) is 4.00. The van der Waals surface area contributed by atoms with Crippen molar-refractivity contribution in [3.63, 3.8) is 0 Å². The molecule has 1 rings (SSSR count). The summed E-state index contributed by atoms with van der Waals surface area (Å²) in [5, 5.41) is 3.59. The molecule has 4 heteroatoms. The van der Waals surface area contributed by atoms with E-state index in [4.69, 9.17) is 4.74 Å². The molecule has 0 aromatic carbocycles. The zero-order chi connectivity index (χ0) is 7.23. The highest BCUT2D eigenvalue weighted by molar-refractivity contribution is 4.76. The van der Waals surface area contributed by atoms with E-state index in [1.807, 2.05) is 0 Å². The first-order valence-electron chi connectivity index (χ1n) is 3.11. The SMILES string of the molecule is COCCCc1n[c]on1. The Morgan fingerprint density at radius 1 is 1.70 bits per heavy atom. The molecule has 4 nitrogen and oxygen atoms in total. The van der Waals surface area contributed by atoms with E-state index in [0.29, 0.717) is 5.82 Å². The summed E-state index contributed by atoms with van der Waals surface area (Å²) in [4.78, 5) is 3.73. The average Bonchev–Trinajstić information content (AvgIpc) is 2.41. The maximum absolute atomic E-state index is 4.84. The van der Waals surface area contributed by atoms with Crippen LogP contribution in [-0.4, -0.2) is 23.9 Å². The quantitative estimate of drug-likeness (QED) is 0.571. The van der Waals surface area contributed by atoms with E-state index in [1.54, 1.807) is 7.11 Å². The van der Waals surface area contributed by atoms with Crippen LogP contribution in [0.2, 0.25) is 0 Å². The molecule has 0 aliphatic heterocycles. The zero-order valence-corrected chi connectivity index (χ0v) is 5.83. The first kappa shape index (κ1) is 7.21. The monoisotopic (exact) mass is 141 g/mol. The number of nitrogens with zero attached hydrogens (tertiary/aromatic N) is 2. The number of aromatic nitrogens is 2. The Morgan fingerprint density at radius 3 is 3.20 bits per heavy atom. The van der Waals surface area contributed by atoms with Crippen LogP contribution in [0.4, 0.5) is 0 Å². The zero-order valence-electron chi connectivity index (χ0n) is 5.83. The van der Waals surface area contributed by atoms with Gasteiger partial charge in [0.15, 0.2) is 5.82 Å². The molecule has 0 bridgehead atoms. The van der Waals surface area contributed by atoms with Crippen LogP contribution < -0.4 is 0 Å². The molecule has 0 spiro atoms. The highest BCUT2D eigenvalue weighted by Crippen LogP contribution is 1.93. The molecule has 0 aliphatic rings. The van der Waals surface area contributed by atoms with Crippen LogP contribution in [0.1, 0.15) is 12.2 Å². The van der Waals surface area contributed by atoms with Crippen molar-refractivity contribution in [2.75, 3.05) is 13.7 Å². The van der Waals surface area contributed by atoms with Gasteiger partial charge >= 0.3 is 6.39 Å². The third-order valence-corrected chi connectivity index (χ3v) is 1.12. The molecule has 0 unspecified atom stereocenters. The van der Waals surface area contributed by atoms with Crippen LogP contribution in [0.25, 0.3) is 0 Å². The lowest BCUT2D eigenvalue weighted by Gasteiger charge is -1.92. The molecule has 1 aromatic rings. The van der Waals surface area contributed by atoms with Gasteiger partial charge in [0, 0.05) is 20.1 Å². The maximum atomic E-state index is 4.84. The van der Waals surface area contributed by atoms with Gasteiger partial charge in [-0.15, -0.1) is 0 Å². The van der Waals surface area contributed by atoms with Crippen molar-refractivity contribution in [1.82, 2.24) is 10.1 Å². The molecule has 0 fully saturated rings. The van der Waals surface area contributed by atoms with Crippen LogP contribution in [-0.2, 0) is 11.2 Å². The number of ether oxygens (including phenoxy) is 1. The van der Waals surface area contributed by atoms with E-state index in [0.717, 1.165) is 19.4 Å². The molecule has 0 N–H and O–H groups in total. The molecule has 0 saturated heterocycles. The van der Waals surface area contributed by atoms with E-state index in [1.165, 1.54) is 0 Å². The summed E-state index contributed by atoms with van der Waals surface area (Å²) in [5.74, 6) is 0.692. The summed E-state index contributed by atoms with van der Waals surface area (Å²) in [7, 11) is 1.67. The Bertz CT molecular complexity index is 162. The number of hydrogen-bond acceptors (Lipinski definition) is 4. The minimum atomic E-state index is 0.692. The Kier molecular flexibility index (Phi) is 2.89. The number of hydrogen-bond donors (Lipinski definition) is 0. The topological polar surface area (TPSA) is 48.2 Å². The third kappa shape index (κ3) is 2.14. The highest BCUT2D eigenvalue weighted by Gasteiger charge is 1.96. The summed E-state index contributed by atoms with van der Waals surface area (Å²) >= 11 is 0. The van der Waals surface area contributed by atoms with Crippen LogP contribution in [0, 0.1) is 6.39 Å². The molecule has 1 heterocycles. The fourth-order valence-corrected chi connectivity index (χ4v) is 0.643. The molecule has 0 atom stereocenters. The van der Waals surface area contributed by atoms with Crippen molar-refractivity contribution in [2.24, 2.45) is 0 Å². The van der Waals surface area contributed by atoms with Gasteiger partial charge in [-0.2, -0.15) is 4.98 Å². The summed E-state index contributed by atoms with van der Waals surface area (Å²) in [6.45, 7) is 0.731. The standard InChI is InChI=1S/C6H9N2O2/c1-9-4-2-3-6-7-5-10-8-6/h2-4H2,1H3. The van der Waals surface area contributed by atoms with Gasteiger partial charge in [-0.3, -0.25) is 0 Å². The van der Waals surface area contributed by atoms with Crippen LogP contribution in [0.3, 0.4) is 0 Å². The van der Waals surface area contributed by atoms with Crippen molar-refractivity contribution >= 4 is 0 Å². The first-order chi connectivity index (χ1) is 4.93. The van der Waals surface area contributed by atoms with Crippen molar-refractivity contribution < 1.29 is 9.26 Å². The van der Waals surface area contributed by atoms with Crippen LogP contribution in [0.5, 0.6) is 0 Å². The average molecular weight is 141 g/mol. The lowest BCUT2D eigenvalue weighted by atomic mass is 10.3. The van der Waals surface area contributed by atoms with Crippen molar-refractivity contribution in [2.45, 2.75) is 12.8 Å². The lowest BCUT2D eigenvalue weighted by Crippen LogP contribution is -1.93. The van der Waals surface area contributed by atoms with Gasteiger partial charge in [0.25, 0.3) is 0 Å².